The molecule has 1 heterocycles. The second-order valence-electron chi connectivity index (χ2n) is 4.51. The number of nitriles is 1. The smallest absolute Gasteiger partial charge is 0.266 e. The number of hydrogen-bond acceptors (Lipinski definition) is 3. The Morgan fingerprint density at radius 1 is 1.33 bits per heavy atom. The second kappa shape index (κ2) is 6.59. The Morgan fingerprint density at radius 3 is 2.71 bits per heavy atom. The first-order chi connectivity index (χ1) is 10.0. The number of anilines is 1. The van der Waals surface area contributed by atoms with Gasteiger partial charge in [-0.2, -0.15) is 5.26 Å². The van der Waals surface area contributed by atoms with Gasteiger partial charge in [-0.25, -0.2) is 0 Å². The van der Waals surface area contributed by atoms with E-state index in [0.717, 1.165) is 11.1 Å². The molecule has 0 atom stereocenters. The van der Waals surface area contributed by atoms with Crippen molar-refractivity contribution in [2.24, 2.45) is 0 Å². The molecular weight excluding hydrogens is 379 g/mol. The molecule has 0 aliphatic heterocycles. The second-order valence-corrected chi connectivity index (χ2v) is 5.58. The number of hydrogen-bond donors (Lipinski definition) is 1. The van der Waals surface area contributed by atoms with E-state index in [-0.39, 0.29) is 5.57 Å². The fourth-order valence-electron chi connectivity index (χ4n) is 1.77. The molecule has 21 heavy (non-hydrogen) atoms. The Hall–Kier alpha value is -2.07. The molecule has 0 unspecified atom stereocenters. The average Bonchev–Trinajstić information content (AvgIpc) is 2.86. The van der Waals surface area contributed by atoms with Crippen LogP contribution in [0.4, 0.5) is 5.69 Å². The van der Waals surface area contributed by atoms with E-state index in [1.54, 1.807) is 12.1 Å². The molecule has 1 amide bonds. The van der Waals surface area contributed by atoms with Gasteiger partial charge in [-0.1, -0.05) is 12.1 Å². The van der Waals surface area contributed by atoms with Crippen molar-refractivity contribution in [1.29, 1.82) is 5.26 Å². The first-order valence-electron chi connectivity index (χ1n) is 6.26. The minimum absolute atomic E-state index is 0.00153. The molecule has 0 fully saturated rings. The van der Waals surface area contributed by atoms with E-state index in [9.17, 15) is 4.79 Å². The molecule has 5 heteroatoms. The van der Waals surface area contributed by atoms with E-state index >= 15 is 0 Å². The molecule has 0 aliphatic rings. The van der Waals surface area contributed by atoms with Gasteiger partial charge in [0.1, 0.15) is 17.4 Å². The molecule has 2 aromatic rings. The van der Waals surface area contributed by atoms with Crippen LogP contribution in [0.3, 0.4) is 0 Å². The number of rotatable bonds is 3. The summed E-state index contributed by atoms with van der Waals surface area (Å²) >= 11 is 2.02. The highest BCUT2D eigenvalue weighted by Crippen LogP contribution is 2.19. The van der Waals surface area contributed by atoms with Gasteiger partial charge < -0.3 is 9.73 Å². The molecule has 2 rings (SSSR count). The summed E-state index contributed by atoms with van der Waals surface area (Å²) in [5, 5.41) is 11.9. The highest BCUT2D eigenvalue weighted by molar-refractivity contribution is 14.1. The van der Waals surface area contributed by atoms with E-state index in [4.69, 9.17) is 9.68 Å². The molecular formula is C16H13IN2O2. The van der Waals surface area contributed by atoms with Crippen molar-refractivity contribution in [3.63, 3.8) is 0 Å². The lowest BCUT2D eigenvalue weighted by Gasteiger charge is -2.09. The summed E-state index contributed by atoms with van der Waals surface area (Å²) in [6.45, 7) is 3.90. The number of aryl methyl sites for hydroxylation is 1. The molecule has 1 aromatic heterocycles. The Labute approximate surface area is 136 Å². The number of carbonyl (C=O) groups excluding carboxylic acids is 1. The molecule has 0 spiro atoms. The summed E-state index contributed by atoms with van der Waals surface area (Å²) in [7, 11) is 0. The molecule has 0 aliphatic carbocycles. The molecule has 106 valence electrons. The van der Waals surface area contributed by atoms with Gasteiger partial charge in [0.2, 0.25) is 0 Å². The van der Waals surface area contributed by atoms with Gasteiger partial charge in [0.05, 0.1) is 0 Å². The van der Waals surface area contributed by atoms with Gasteiger partial charge in [-0.05, 0) is 65.8 Å². The van der Waals surface area contributed by atoms with Gasteiger partial charge in [0.15, 0.2) is 3.77 Å². The standard InChI is InChI=1S/C16H13IN2O2/c1-10-4-3-5-14(11(10)2)19-16(20)12(9-18)8-13-6-7-15(17)21-13/h3-8H,1-2H3,(H,19,20)/b12-8+. The van der Waals surface area contributed by atoms with Crippen LogP contribution in [-0.4, -0.2) is 5.91 Å². The summed E-state index contributed by atoms with van der Waals surface area (Å²) in [4.78, 5) is 12.2. The Bertz CT molecular complexity index is 754. The van der Waals surface area contributed by atoms with Crippen molar-refractivity contribution in [1.82, 2.24) is 0 Å². The van der Waals surface area contributed by atoms with Crippen molar-refractivity contribution >= 4 is 40.3 Å². The third-order valence-corrected chi connectivity index (χ3v) is 3.68. The first kappa shape index (κ1) is 15.3. The number of carbonyl (C=O) groups is 1. The number of halogens is 1. The minimum Gasteiger partial charge on any atom is -0.451 e. The van der Waals surface area contributed by atoms with Crippen molar-refractivity contribution < 1.29 is 9.21 Å². The van der Waals surface area contributed by atoms with E-state index in [2.05, 4.69) is 5.32 Å². The molecule has 1 aromatic carbocycles. The molecule has 4 nitrogen and oxygen atoms in total. The highest BCUT2D eigenvalue weighted by atomic mass is 127. The van der Waals surface area contributed by atoms with Crippen molar-refractivity contribution in [3.8, 4) is 6.07 Å². The predicted molar refractivity (Wildman–Crippen MR) is 89.6 cm³/mol. The van der Waals surface area contributed by atoms with Crippen molar-refractivity contribution in [2.75, 3.05) is 5.32 Å². The van der Waals surface area contributed by atoms with Crippen LogP contribution in [0.1, 0.15) is 16.9 Å². The monoisotopic (exact) mass is 392 g/mol. The summed E-state index contributed by atoms with van der Waals surface area (Å²) in [6, 6.07) is 11.0. The van der Waals surface area contributed by atoms with Gasteiger partial charge in [-0.3, -0.25) is 4.79 Å². The molecule has 0 bridgehead atoms. The third-order valence-electron chi connectivity index (χ3n) is 3.10. The maximum atomic E-state index is 12.2. The van der Waals surface area contributed by atoms with Crippen LogP contribution < -0.4 is 5.32 Å². The Morgan fingerprint density at radius 2 is 2.10 bits per heavy atom. The van der Waals surface area contributed by atoms with E-state index in [1.165, 1.54) is 6.08 Å². The van der Waals surface area contributed by atoms with Crippen molar-refractivity contribution in [3.05, 3.63) is 56.6 Å². The maximum absolute atomic E-state index is 12.2. The number of amides is 1. The summed E-state index contributed by atoms with van der Waals surface area (Å²) < 4.78 is 6.04. The summed E-state index contributed by atoms with van der Waals surface area (Å²) in [5.41, 5.74) is 2.77. The third kappa shape index (κ3) is 3.73. The van der Waals surface area contributed by atoms with Gasteiger partial charge in [0.25, 0.3) is 5.91 Å². The predicted octanol–water partition coefficient (Wildman–Crippen LogP) is 4.05. The molecule has 0 radical (unpaired) electrons. The SMILES string of the molecule is Cc1cccc(NC(=O)/C(C#N)=C/c2ccc(I)o2)c1C. The quantitative estimate of drug-likeness (QED) is 0.487. The van der Waals surface area contributed by atoms with Gasteiger partial charge >= 0.3 is 0 Å². The van der Waals surface area contributed by atoms with Crippen LogP contribution in [0.5, 0.6) is 0 Å². The zero-order valence-electron chi connectivity index (χ0n) is 11.6. The zero-order valence-corrected chi connectivity index (χ0v) is 13.8. The van der Waals surface area contributed by atoms with Crippen LogP contribution in [0.25, 0.3) is 6.08 Å². The van der Waals surface area contributed by atoms with E-state index in [1.807, 2.05) is 60.7 Å². The highest BCUT2D eigenvalue weighted by Gasteiger charge is 2.12. The number of nitrogens with one attached hydrogen (secondary N) is 1. The number of benzene rings is 1. The topological polar surface area (TPSA) is 66.0 Å². The minimum atomic E-state index is -0.447. The van der Waals surface area contributed by atoms with Crippen molar-refractivity contribution in [2.45, 2.75) is 13.8 Å². The van der Waals surface area contributed by atoms with Crippen LogP contribution in [0, 0.1) is 28.9 Å². The summed E-state index contributed by atoms with van der Waals surface area (Å²) in [5.74, 6) is 0.0321. The maximum Gasteiger partial charge on any atom is 0.266 e. The lowest BCUT2D eigenvalue weighted by Crippen LogP contribution is -2.14. The fourth-order valence-corrected chi connectivity index (χ4v) is 2.21. The molecule has 0 saturated heterocycles. The largest absolute Gasteiger partial charge is 0.451 e. The van der Waals surface area contributed by atoms with Crippen LogP contribution in [0.2, 0.25) is 0 Å². The Balaban J connectivity index is 2.24. The number of furan rings is 1. The zero-order chi connectivity index (χ0) is 15.4. The Kier molecular flexibility index (Phi) is 4.81. The van der Waals surface area contributed by atoms with Gasteiger partial charge in [-0.15, -0.1) is 0 Å². The van der Waals surface area contributed by atoms with E-state index < -0.39 is 5.91 Å². The fraction of sp³-hybridized carbons (Fsp3) is 0.125. The molecule has 0 saturated carbocycles. The van der Waals surface area contributed by atoms with Gasteiger partial charge in [0, 0.05) is 11.8 Å². The van der Waals surface area contributed by atoms with E-state index in [0.29, 0.717) is 15.2 Å². The average molecular weight is 392 g/mol. The lowest BCUT2D eigenvalue weighted by atomic mass is 10.1. The number of nitrogens with zero attached hydrogens (tertiary/aromatic N) is 1. The molecule has 1 N–H and O–H groups in total. The first-order valence-corrected chi connectivity index (χ1v) is 7.34. The van der Waals surface area contributed by atoms with Crippen LogP contribution >= 0.6 is 22.6 Å². The lowest BCUT2D eigenvalue weighted by molar-refractivity contribution is -0.112. The normalized spacial score (nSPS) is 11.0. The van der Waals surface area contributed by atoms with Crippen LogP contribution in [-0.2, 0) is 4.79 Å². The van der Waals surface area contributed by atoms with Crippen LogP contribution in [0.15, 0.2) is 40.3 Å². The summed E-state index contributed by atoms with van der Waals surface area (Å²) in [6.07, 6.45) is 1.43.